The molecule has 0 heterocycles. The van der Waals surface area contributed by atoms with E-state index in [2.05, 4.69) is 42.5 Å². The van der Waals surface area contributed by atoms with Crippen molar-refractivity contribution in [2.45, 2.75) is 0 Å². The topological polar surface area (TPSA) is 170 Å². The first-order valence-electron chi connectivity index (χ1n) is 38.1. The minimum atomic E-state index is 0. The van der Waals surface area contributed by atoms with Crippen molar-refractivity contribution in [3.8, 4) is 0 Å². The van der Waals surface area contributed by atoms with Gasteiger partial charge < -0.3 is 53.5 Å². The predicted octanol–water partition coefficient (Wildman–Crippen LogP) is 35.3. The second-order valence-corrected chi connectivity index (χ2v) is 24.6. The Hall–Kier alpha value is -10.7. The molecule has 0 aliphatic rings. The van der Waals surface area contributed by atoms with Gasteiger partial charge in [0.1, 0.15) is 0 Å². The summed E-state index contributed by atoms with van der Waals surface area (Å²) in [6.45, 7) is 0. The fourth-order valence-electron chi connectivity index (χ4n) is 10.0. The molecule has 624 valence electrons. The fraction of sp³-hybridized carbons (Fsp3) is 0. The van der Waals surface area contributed by atoms with E-state index < -0.39 is 0 Å². The van der Waals surface area contributed by atoms with Gasteiger partial charge in [0.2, 0.25) is 0 Å². The molecule has 0 aromatic heterocycles. The molecule has 4 radical (unpaired) electrons. The molecule has 0 saturated heterocycles. The van der Waals surface area contributed by atoms with E-state index in [1.54, 1.807) is 0 Å². The van der Waals surface area contributed by atoms with Crippen molar-refractivity contribution >= 4 is 91.0 Å². The zero-order valence-electron chi connectivity index (χ0n) is 66.7. The summed E-state index contributed by atoms with van der Waals surface area (Å²) in [5.74, 6) is 0. The number of hydrogen-bond donors (Lipinski definition) is 0. The first-order valence-corrected chi connectivity index (χ1v) is 38.1. The van der Waals surface area contributed by atoms with Crippen LogP contribution in [0.5, 0.6) is 0 Å². The Bertz CT molecular complexity index is 3970. The van der Waals surface area contributed by atoms with Crippen LogP contribution in [0.15, 0.2) is 558 Å². The van der Waals surface area contributed by atoms with Crippen LogP contribution in [-0.2, 0) is 11.0 Å². The second kappa shape index (κ2) is 69.9. The number of para-hydroxylation sites is 16. The Labute approximate surface area is 841 Å². The van der Waals surface area contributed by atoms with Gasteiger partial charge in [0.15, 0.2) is 0 Å². The Balaban J connectivity index is 0.000000351. The third kappa shape index (κ3) is 49.2. The number of hydrogen-bond acceptors (Lipinski definition) is 0. The standard InChI is InChI=1S/8C12H10N.2C6H6.4Er.2O/c8*1-3-7-11(8-4-1)13-12-9-5-2-6-10-12;2*1-2-4-6-5-3-1;;;;;;/h8*1-10H;2*1-6H;;;;;;/q8*-1;;;4*+3;2*-2. The molecule has 0 aliphatic heterocycles. The number of benzene rings is 18. The van der Waals surface area contributed by atoms with Crippen LogP contribution in [0.2, 0.25) is 0 Å². The summed E-state index contributed by atoms with van der Waals surface area (Å²) in [7, 11) is 0. The molecule has 18 rings (SSSR count). The molecule has 18 aromatic rings. The zero-order valence-corrected chi connectivity index (χ0v) is 74.1. The molecule has 0 bridgehead atoms. The van der Waals surface area contributed by atoms with Gasteiger partial charge in [0, 0.05) is 0 Å². The predicted molar refractivity (Wildman–Crippen MR) is 499 cm³/mol. The Morgan fingerprint density at radius 3 is 0.164 bits per heavy atom. The SMILES string of the molecule is [Er+3].[Er+3].[Er+3].[Er+3].[O-2].[O-2].c1ccc([N-]c2ccccc2)cc1.c1ccc([N-]c2ccccc2)cc1.c1ccc([N-]c2ccccc2)cc1.c1ccc([N-]c2ccccc2)cc1.c1ccc([N-]c2ccccc2)cc1.c1ccc([N-]c2ccccc2)cc1.c1ccc([N-]c2ccccc2)cc1.c1ccc([N-]c2ccccc2)cc1.c1ccccc1.c1ccccc1. The second-order valence-electron chi connectivity index (χ2n) is 24.6. The van der Waals surface area contributed by atoms with E-state index in [0.29, 0.717) is 0 Å². The Morgan fingerprint density at radius 1 is 0.0738 bits per heavy atom. The van der Waals surface area contributed by atoms with Crippen LogP contribution < -0.4 is 0 Å². The Morgan fingerprint density at radius 2 is 0.115 bits per heavy atom. The van der Waals surface area contributed by atoms with Crippen molar-refractivity contribution in [3.63, 3.8) is 0 Å². The maximum absolute atomic E-state index is 4.44. The molecule has 0 unspecified atom stereocenters. The molecule has 0 amide bonds. The molecule has 0 N–H and O–H groups in total. The van der Waals surface area contributed by atoms with E-state index in [-0.39, 0.29) is 160 Å². The summed E-state index contributed by atoms with van der Waals surface area (Å²) in [5, 5.41) is 35.5. The molecule has 0 atom stereocenters. The molecule has 14 heteroatoms. The summed E-state index contributed by atoms with van der Waals surface area (Å²) in [6.07, 6.45) is 0. The van der Waals surface area contributed by atoms with E-state index in [9.17, 15) is 0 Å². The third-order valence-electron chi connectivity index (χ3n) is 15.5. The largest absolute Gasteiger partial charge is 3.00 e. The van der Waals surface area contributed by atoms with E-state index in [4.69, 9.17) is 0 Å². The van der Waals surface area contributed by atoms with Crippen LogP contribution in [-0.4, -0.2) is 0 Å². The van der Waals surface area contributed by atoms with Crippen molar-refractivity contribution in [2.24, 2.45) is 0 Å². The van der Waals surface area contributed by atoms with Crippen LogP contribution in [0.3, 0.4) is 0 Å². The van der Waals surface area contributed by atoms with Gasteiger partial charge in [-0.05, 0) is 0 Å². The quantitative estimate of drug-likeness (QED) is 0.0898. The van der Waals surface area contributed by atoms with E-state index in [0.717, 1.165) is 91.0 Å². The van der Waals surface area contributed by atoms with Crippen molar-refractivity contribution in [1.82, 2.24) is 0 Å². The van der Waals surface area contributed by atoms with Crippen molar-refractivity contribution in [1.29, 1.82) is 0 Å². The van der Waals surface area contributed by atoms with Gasteiger partial charge in [-0.25, -0.2) is 0 Å². The van der Waals surface area contributed by atoms with E-state index in [1.807, 2.05) is 558 Å². The van der Waals surface area contributed by atoms with Gasteiger partial charge in [-0.3, -0.25) is 0 Å². The van der Waals surface area contributed by atoms with Crippen LogP contribution in [0.4, 0.5) is 91.0 Å². The van der Waals surface area contributed by atoms with Crippen LogP contribution in [0, 0.1) is 149 Å². The van der Waals surface area contributed by atoms with Crippen LogP contribution >= 0.6 is 0 Å². The van der Waals surface area contributed by atoms with Crippen molar-refractivity contribution in [3.05, 3.63) is 601 Å². The fourth-order valence-corrected chi connectivity index (χ4v) is 10.0. The first kappa shape index (κ1) is 105. The van der Waals surface area contributed by atoms with E-state index >= 15 is 0 Å². The molecule has 0 aliphatic carbocycles. The summed E-state index contributed by atoms with van der Waals surface area (Å²) in [6, 6.07) is 183. The zero-order chi connectivity index (χ0) is 79.9. The summed E-state index contributed by atoms with van der Waals surface area (Å²) in [4.78, 5) is 0. The summed E-state index contributed by atoms with van der Waals surface area (Å²) >= 11 is 0. The third-order valence-corrected chi connectivity index (χ3v) is 15.5. The first-order chi connectivity index (χ1) is 57.6. The molecular weight excluding hydrogens is 2110 g/mol. The Kier molecular flexibility index (Phi) is 60.4. The minimum absolute atomic E-state index is 0. The number of rotatable bonds is 16. The van der Waals surface area contributed by atoms with Gasteiger partial charge in [0.05, 0.1) is 0 Å². The minimum Gasteiger partial charge on any atom is -2.00 e. The molecule has 10 nitrogen and oxygen atoms in total. The van der Waals surface area contributed by atoms with Gasteiger partial charge in [-0.2, -0.15) is 0 Å². The van der Waals surface area contributed by atoms with Gasteiger partial charge in [-0.1, -0.05) is 558 Å². The maximum Gasteiger partial charge on any atom is 3.00 e. The number of nitrogens with zero attached hydrogens (tertiary/aromatic N) is 8. The van der Waals surface area contributed by atoms with Gasteiger partial charge in [-0.15, -0.1) is 91.0 Å². The summed E-state index contributed by atoms with van der Waals surface area (Å²) in [5.41, 5.74) is 15.9. The molecule has 0 spiro atoms. The van der Waals surface area contributed by atoms with Crippen molar-refractivity contribution < 1.29 is 160 Å². The van der Waals surface area contributed by atoms with Crippen LogP contribution in [0.25, 0.3) is 42.5 Å². The molecule has 18 aromatic carbocycles. The maximum atomic E-state index is 4.44. The average molecular weight is 2200 g/mol. The van der Waals surface area contributed by atoms with Gasteiger partial charge >= 0.3 is 149 Å². The van der Waals surface area contributed by atoms with Crippen LogP contribution in [0.1, 0.15) is 0 Å². The molecule has 122 heavy (non-hydrogen) atoms. The van der Waals surface area contributed by atoms with Crippen molar-refractivity contribution in [2.75, 3.05) is 0 Å². The molecular formula is C108H92Er4N8O2. The van der Waals surface area contributed by atoms with E-state index in [1.165, 1.54) is 0 Å². The van der Waals surface area contributed by atoms with Gasteiger partial charge in [0.25, 0.3) is 0 Å². The average Bonchev–Trinajstić information content (AvgIpc) is 0.953. The summed E-state index contributed by atoms with van der Waals surface area (Å²) < 4.78 is 0. The molecule has 0 fully saturated rings. The smallest absolute Gasteiger partial charge is 2.00 e. The molecule has 0 saturated carbocycles. The normalized spacial score (nSPS) is 8.92. The monoisotopic (exact) mass is 2200 g/mol.